The minimum absolute atomic E-state index is 0.437. The fourth-order valence-corrected chi connectivity index (χ4v) is 4.38. The van der Waals surface area contributed by atoms with Gasteiger partial charge in [-0.1, -0.05) is 48.2 Å². The van der Waals surface area contributed by atoms with Crippen LogP contribution < -0.4 is 4.90 Å². The summed E-state index contributed by atoms with van der Waals surface area (Å²) in [5, 5.41) is 11.6. The maximum absolute atomic E-state index is 11.6. The molecule has 7 nitrogen and oxygen atoms in total. The number of nitrogens with one attached hydrogen (secondary N) is 1. The Morgan fingerprint density at radius 1 is 1.19 bits per heavy atom. The lowest BCUT2D eigenvalue weighted by Gasteiger charge is -2.47. The smallest absolute Gasteiger partial charge is 0.179 e. The van der Waals surface area contributed by atoms with Gasteiger partial charge in [0.2, 0.25) is 0 Å². The zero-order chi connectivity index (χ0) is 22.5. The molecule has 3 aliphatic rings. The van der Waals surface area contributed by atoms with Crippen LogP contribution >= 0.6 is 0 Å². The number of methoxy groups -OCH3 is 1. The van der Waals surface area contributed by atoms with E-state index in [4.69, 9.17) is 17.7 Å². The largest absolute Gasteiger partial charge is 0.748 e. The van der Waals surface area contributed by atoms with Gasteiger partial charge in [0.05, 0.1) is 23.2 Å². The number of benzene rings is 1. The summed E-state index contributed by atoms with van der Waals surface area (Å²) in [4.78, 5) is 5.73. The van der Waals surface area contributed by atoms with Gasteiger partial charge in [-0.3, -0.25) is 4.98 Å². The van der Waals surface area contributed by atoms with Crippen molar-refractivity contribution >= 4 is 10.1 Å². The van der Waals surface area contributed by atoms with Crippen LogP contribution in [0.4, 0.5) is 0 Å². The number of hydrogen-bond acceptors (Lipinski definition) is 6. The first-order valence-electron chi connectivity index (χ1n) is 10.2. The molecule has 0 radical (unpaired) electrons. The Morgan fingerprint density at radius 3 is 2.29 bits per heavy atom. The van der Waals surface area contributed by atoms with E-state index < -0.39 is 21.3 Å². The SMILES string of the molecule is CO[C@]1(C#C[C@](O)(c2ccccc2)c2cccnc2)C[NH+]2CCC1CC2.CS(=O)(=O)[O-]. The third-order valence-corrected chi connectivity index (χ3v) is 5.95. The van der Waals surface area contributed by atoms with Crippen LogP contribution in [-0.2, 0) is 20.5 Å². The molecule has 0 unspecified atom stereocenters. The minimum Gasteiger partial charge on any atom is -0.748 e. The lowest BCUT2D eigenvalue weighted by atomic mass is 9.75. The molecule has 3 fully saturated rings. The average molecular weight is 445 g/mol. The Bertz CT molecular complexity index is 978. The zero-order valence-electron chi connectivity index (χ0n) is 17.7. The van der Waals surface area contributed by atoms with Crippen molar-refractivity contribution in [2.24, 2.45) is 5.92 Å². The Kier molecular flexibility index (Phi) is 7.14. The number of hydrogen-bond donors (Lipinski definition) is 2. The second-order valence-corrected chi connectivity index (χ2v) is 9.48. The highest BCUT2D eigenvalue weighted by Gasteiger charge is 2.49. The molecule has 4 heterocycles. The lowest BCUT2D eigenvalue weighted by Crippen LogP contribution is -3.17. The van der Waals surface area contributed by atoms with Crippen LogP contribution in [0, 0.1) is 17.8 Å². The van der Waals surface area contributed by atoms with Crippen molar-refractivity contribution in [3.8, 4) is 11.8 Å². The molecule has 2 N–H and O–H groups in total. The summed E-state index contributed by atoms with van der Waals surface area (Å²) < 4.78 is 33.2. The van der Waals surface area contributed by atoms with Gasteiger partial charge in [-0.25, -0.2) is 8.42 Å². The molecular formula is C23H28N2O5S. The van der Waals surface area contributed by atoms with Crippen molar-refractivity contribution < 1.29 is 27.7 Å². The summed E-state index contributed by atoms with van der Waals surface area (Å²) in [5.74, 6) is 7.02. The Balaban J connectivity index is 0.000000491. The highest BCUT2D eigenvalue weighted by atomic mass is 32.2. The van der Waals surface area contributed by atoms with Gasteiger partial charge in [0.25, 0.3) is 0 Å². The molecule has 3 aliphatic heterocycles. The number of quaternary nitrogens is 1. The van der Waals surface area contributed by atoms with Gasteiger partial charge in [0.1, 0.15) is 6.54 Å². The van der Waals surface area contributed by atoms with Gasteiger partial charge < -0.3 is 19.3 Å². The quantitative estimate of drug-likeness (QED) is 0.517. The number of nitrogens with zero attached hydrogens (tertiary/aromatic N) is 1. The maximum Gasteiger partial charge on any atom is 0.179 e. The van der Waals surface area contributed by atoms with Crippen LogP contribution in [0.1, 0.15) is 24.0 Å². The summed E-state index contributed by atoms with van der Waals surface area (Å²) in [6.45, 7) is 3.28. The van der Waals surface area contributed by atoms with Gasteiger partial charge in [-0.15, -0.1) is 0 Å². The number of ether oxygens (including phenoxy) is 1. The van der Waals surface area contributed by atoms with Crippen LogP contribution in [-0.4, -0.2) is 61.7 Å². The molecule has 2 atom stereocenters. The van der Waals surface area contributed by atoms with Crippen LogP contribution in [0.25, 0.3) is 0 Å². The molecule has 3 saturated heterocycles. The monoisotopic (exact) mass is 444 g/mol. The van der Waals surface area contributed by atoms with Crippen LogP contribution in [0.5, 0.6) is 0 Å². The molecule has 0 spiro atoms. The lowest BCUT2D eigenvalue weighted by molar-refractivity contribution is -0.923. The fraction of sp³-hybridized carbons (Fsp3) is 0.435. The van der Waals surface area contributed by atoms with Gasteiger partial charge in [-0.2, -0.15) is 0 Å². The number of aliphatic hydroxyl groups is 1. The topological polar surface area (TPSA) is 104 Å². The summed E-state index contributed by atoms with van der Waals surface area (Å²) in [5.41, 5.74) is -0.446. The molecule has 0 amide bonds. The summed E-state index contributed by atoms with van der Waals surface area (Å²) in [7, 11) is -2.17. The third kappa shape index (κ3) is 5.70. The van der Waals surface area contributed by atoms with Crippen molar-refractivity contribution in [1.29, 1.82) is 0 Å². The number of fused-ring (bicyclic) bond motifs is 3. The first-order chi connectivity index (χ1) is 14.7. The standard InChI is InChI=1S/C22H24N2O2.CH4O3S/c1-26-21(17-24-14-9-18(21)10-15-24)11-12-22(25,19-6-3-2-4-7-19)20-8-5-13-23-16-20;1-5(2,3)4/h2-8,13,16,18,25H,9-10,14-15,17H2,1H3;1H3,(H,2,3,4)/t21-,22+;/m1./s1. The molecule has 1 aromatic heterocycles. The van der Waals surface area contributed by atoms with Crippen molar-refractivity contribution in [3.63, 3.8) is 0 Å². The second kappa shape index (κ2) is 9.47. The Morgan fingerprint density at radius 2 is 1.81 bits per heavy atom. The van der Waals surface area contributed by atoms with Gasteiger partial charge in [-0.05, 0) is 6.07 Å². The molecule has 31 heavy (non-hydrogen) atoms. The highest BCUT2D eigenvalue weighted by molar-refractivity contribution is 7.84. The molecule has 0 saturated carbocycles. The van der Waals surface area contributed by atoms with E-state index in [-0.39, 0.29) is 0 Å². The predicted octanol–water partition coefficient (Wildman–Crippen LogP) is 0.176. The van der Waals surface area contributed by atoms with E-state index in [9.17, 15) is 5.11 Å². The Labute approximate surface area is 183 Å². The average Bonchev–Trinajstić information content (AvgIpc) is 2.78. The summed E-state index contributed by atoms with van der Waals surface area (Å²) >= 11 is 0. The predicted molar refractivity (Wildman–Crippen MR) is 115 cm³/mol. The van der Waals surface area contributed by atoms with Gasteiger partial charge in [0, 0.05) is 55.6 Å². The maximum atomic E-state index is 11.6. The van der Waals surface area contributed by atoms with Crippen molar-refractivity contribution in [3.05, 3.63) is 66.0 Å². The van der Waals surface area contributed by atoms with Crippen molar-refractivity contribution in [2.45, 2.75) is 24.0 Å². The van der Waals surface area contributed by atoms with E-state index >= 15 is 0 Å². The van der Waals surface area contributed by atoms with Crippen molar-refractivity contribution in [2.75, 3.05) is 33.0 Å². The van der Waals surface area contributed by atoms with Gasteiger partial charge >= 0.3 is 0 Å². The van der Waals surface area contributed by atoms with E-state index in [2.05, 4.69) is 16.8 Å². The second-order valence-electron chi connectivity index (χ2n) is 8.07. The normalized spacial score (nSPS) is 26.6. The zero-order valence-corrected chi connectivity index (χ0v) is 18.6. The molecule has 2 aromatic rings. The molecule has 2 bridgehead atoms. The van der Waals surface area contributed by atoms with Crippen molar-refractivity contribution in [1.82, 2.24) is 4.98 Å². The first kappa shape index (κ1) is 23.4. The van der Waals surface area contributed by atoms with Gasteiger partial charge in [0.15, 0.2) is 11.2 Å². The number of pyridine rings is 1. The molecule has 5 rings (SSSR count). The third-order valence-electron chi connectivity index (χ3n) is 5.95. The summed E-state index contributed by atoms with van der Waals surface area (Å²) in [6.07, 6.45) is 6.26. The number of rotatable bonds is 3. The molecular weight excluding hydrogens is 416 g/mol. The molecule has 0 aliphatic carbocycles. The first-order valence-corrected chi connectivity index (χ1v) is 12.0. The van der Waals surface area contributed by atoms with E-state index in [1.165, 1.54) is 13.1 Å². The minimum atomic E-state index is -3.92. The molecule has 1 aromatic carbocycles. The van der Waals surface area contributed by atoms with Crippen LogP contribution in [0.2, 0.25) is 0 Å². The van der Waals surface area contributed by atoms with E-state index in [0.717, 1.165) is 24.9 Å². The molecule has 166 valence electrons. The summed E-state index contributed by atoms with van der Waals surface area (Å²) in [6, 6.07) is 13.3. The van der Waals surface area contributed by atoms with E-state index in [0.29, 0.717) is 17.7 Å². The number of aromatic nitrogens is 1. The van der Waals surface area contributed by atoms with Crippen LogP contribution in [0.15, 0.2) is 54.9 Å². The Hall–Kier alpha value is -2.28. The molecule has 8 heteroatoms. The fourth-order valence-electron chi connectivity index (χ4n) is 4.38. The van der Waals surface area contributed by atoms with E-state index in [1.54, 1.807) is 24.4 Å². The number of piperidine rings is 3. The van der Waals surface area contributed by atoms with Crippen LogP contribution in [0.3, 0.4) is 0 Å². The highest BCUT2D eigenvalue weighted by Crippen LogP contribution is 2.33. The van der Waals surface area contributed by atoms with E-state index in [1.807, 2.05) is 42.5 Å².